The van der Waals surface area contributed by atoms with Crippen LogP contribution in [0.5, 0.6) is 0 Å². The van der Waals surface area contributed by atoms with Crippen LogP contribution < -0.4 is 10.6 Å². The lowest BCUT2D eigenvalue weighted by atomic mass is 10.1. The standard InChI is InChI=1S/C11H16N6/c1-8(2)10-9(14)11(16(3)15-10)17(6-4-12)7-5-13/h8H,6-7,14H2,1-3H3. The van der Waals surface area contributed by atoms with Crippen molar-refractivity contribution in [1.29, 1.82) is 10.5 Å². The monoisotopic (exact) mass is 232 g/mol. The van der Waals surface area contributed by atoms with Gasteiger partial charge in [0.05, 0.1) is 23.5 Å². The number of aromatic nitrogens is 2. The van der Waals surface area contributed by atoms with Crippen molar-refractivity contribution >= 4 is 11.5 Å². The maximum atomic E-state index is 8.75. The largest absolute Gasteiger partial charge is 0.394 e. The van der Waals surface area contributed by atoms with E-state index in [0.29, 0.717) is 11.5 Å². The van der Waals surface area contributed by atoms with E-state index in [9.17, 15) is 0 Å². The molecule has 0 amide bonds. The number of nitrogen functional groups attached to an aromatic ring is 1. The van der Waals surface area contributed by atoms with Gasteiger partial charge in [0.25, 0.3) is 0 Å². The maximum absolute atomic E-state index is 8.75. The summed E-state index contributed by atoms with van der Waals surface area (Å²) in [5.74, 6) is 0.845. The van der Waals surface area contributed by atoms with Crippen LogP contribution in [0.3, 0.4) is 0 Å². The van der Waals surface area contributed by atoms with Crippen molar-refractivity contribution in [3.63, 3.8) is 0 Å². The van der Waals surface area contributed by atoms with Crippen LogP contribution in [-0.2, 0) is 7.05 Å². The van der Waals surface area contributed by atoms with Crippen LogP contribution in [0.1, 0.15) is 25.5 Å². The van der Waals surface area contributed by atoms with Crippen molar-refractivity contribution in [2.75, 3.05) is 23.7 Å². The Balaban J connectivity index is 3.20. The van der Waals surface area contributed by atoms with Crippen molar-refractivity contribution < 1.29 is 0 Å². The molecule has 0 radical (unpaired) electrons. The molecule has 17 heavy (non-hydrogen) atoms. The van der Waals surface area contributed by atoms with Gasteiger partial charge in [-0.1, -0.05) is 13.8 Å². The van der Waals surface area contributed by atoms with Crippen molar-refractivity contribution in [3.05, 3.63) is 5.69 Å². The van der Waals surface area contributed by atoms with Gasteiger partial charge in [0.2, 0.25) is 0 Å². The van der Waals surface area contributed by atoms with Gasteiger partial charge >= 0.3 is 0 Å². The summed E-state index contributed by atoms with van der Waals surface area (Å²) >= 11 is 0. The first-order valence-electron chi connectivity index (χ1n) is 5.34. The minimum Gasteiger partial charge on any atom is -0.394 e. The third-order valence-corrected chi connectivity index (χ3v) is 2.45. The Labute approximate surface area is 101 Å². The van der Waals surface area contributed by atoms with Gasteiger partial charge in [0.15, 0.2) is 5.82 Å². The van der Waals surface area contributed by atoms with E-state index in [-0.39, 0.29) is 19.0 Å². The second-order valence-corrected chi connectivity index (χ2v) is 4.07. The zero-order valence-corrected chi connectivity index (χ0v) is 10.3. The molecule has 2 N–H and O–H groups in total. The fourth-order valence-corrected chi connectivity index (χ4v) is 1.73. The van der Waals surface area contributed by atoms with E-state index in [1.165, 1.54) is 0 Å². The normalized spacial score (nSPS) is 10.0. The number of aryl methyl sites for hydroxylation is 1. The second-order valence-electron chi connectivity index (χ2n) is 4.07. The summed E-state index contributed by atoms with van der Waals surface area (Å²) in [6.45, 7) is 4.24. The minimum absolute atomic E-state index is 0.120. The molecule has 0 saturated heterocycles. The van der Waals surface area contributed by atoms with E-state index in [2.05, 4.69) is 5.10 Å². The first-order chi connectivity index (χ1) is 8.02. The zero-order chi connectivity index (χ0) is 13.0. The van der Waals surface area contributed by atoms with Crippen LogP contribution in [0, 0.1) is 22.7 Å². The highest BCUT2D eigenvalue weighted by molar-refractivity contribution is 5.67. The third kappa shape index (κ3) is 2.48. The van der Waals surface area contributed by atoms with Gasteiger partial charge in [-0.25, -0.2) is 0 Å². The topological polar surface area (TPSA) is 94.7 Å². The Kier molecular flexibility index (Phi) is 3.95. The summed E-state index contributed by atoms with van der Waals surface area (Å²) in [7, 11) is 1.76. The number of anilines is 2. The summed E-state index contributed by atoms with van der Waals surface area (Å²) in [4.78, 5) is 1.62. The van der Waals surface area contributed by atoms with Crippen LogP contribution in [-0.4, -0.2) is 22.9 Å². The molecule has 0 saturated carbocycles. The molecule has 0 spiro atoms. The Morgan fingerprint density at radius 3 is 2.24 bits per heavy atom. The number of nitrogens with two attached hydrogens (primary N) is 1. The maximum Gasteiger partial charge on any atom is 0.152 e. The predicted molar refractivity (Wildman–Crippen MR) is 65.1 cm³/mol. The molecule has 1 rings (SSSR count). The van der Waals surface area contributed by atoms with Crippen LogP contribution in [0.2, 0.25) is 0 Å². The van der Waals surface area contributed by atoms with Crippen molar-refractivity contribution in [2.45, 2.75) is 19.8 Å². The smallest absolute Gasteiger partial charge is 0.152 e. The molecule has 0 aliphatic heterocycles. The molecule has 1 heterocycles. The lowest BCUT2D eigenvalue weighted by molar-refractivity contribution is 0.701. The van der Waals surface area contributed by atoms with Gasteiger partial charge in [-0.05, 0) is 5.92 Å². The molecule has 0 aliphatic rings. The Morgan fingerprint density at radius 2 is 1.88 bits per heavy atom. The van der Waals surface area contributed by atoms with Gasteiger partial charge in [-0.2, -0.15) is 15.6 Å². The number of nitrogens with zero attached hydrogens (tertiary/aromatic N) is 5. The van der Waals surface area contributed by atoms with Gasteiger partial charge in [-0.3, -0.25) is 4.68 Å². The van der Waals surface area contributed by atoms with Gasteiger partial charge in [0, 0.05) is 7.05 Å². The molecule has 0 unspecified atom stereocenters. The van der Waals surface area contributed by atoms with Crippen LogP contribution in [0.15, 0.2) is 0 Å². The molecular formula is C11H16N6. The minimum atomic E-state index is 0.120. The summed E-state index contributed by atoms with van der Waals surface area (Å²) < 4.78 is 1.62. The highest BCUT2D eigenvalue weighted by Gasteiger charge is 2.20. The number of nitriles is 2. The first-order valence-corrected chi connectivity index (χ1v) is 5.34. The third-order valence-electron chi connectivity index (χ3n) is 2.45. The van der Waals surface area contributed by atoms with Crippen LogP contribution in [0.4, 0.5) is 11.5 Å². The Hall–Kier alpha value is -2.21. The van der Waals surface area contributed by atoms with E-state index in [0.717, 1.165) is 5.69 Å². The average Bonchev–Trinajstić information content (AvgIpc) is 2.54. The Morgan fingerprint density at radius 1 is 1.35 bits per heavy atom. The van der Waals surface area contributed by atoms with Gasteiger partial charge < -0.3 is 10.6 Å². The quantitative estimate of drug-likeness (QED) is 0.781. The fraction of sp³-hybridized carbons (Fsp3) is 0.545. The summed E-state index contributed by atoms with van der Waals surface area (Å²) in [6.07, 6.45) is 0. The number of rotatable bonds is 4. The predicted octanol–water partition coefficient (Wildman–Crippen LogP) is 0.979. The molecule has 6 heteroatoms. The second kappa shape index (κ2) is 5.22. The lowest BCUT2D eigenvalue weighted by Gasteiger charge is -2.18. The molecule has 0 bridgehead atoms. The molecular weight excluding hydrogens is 216 g/mol. The summed E-state index contributed by atoms with van der Waals surface area (Å²) in [5, 5.41) is 21.8. The zero-order valence-electron chi connectivity index (χ0n) is 10.3. The van der Waals surface area contributed by atoms with Crippen LogP contribution >= 0.6 is 0 Å². The molecule has 6 nitrogen and oxygen atoms in total. The number of hydrogen-bond acceptors (Lipinski definition) is 5. The molecule has 0 fully saturated rings. The van der Waals surface area contributed by atoms with Gasteiger partial charge in [-0.15, -0.1) is 0 Å². The van der Waals surface area contributed by atoms with Crippen molar-refractivity contribution in [2.24, 2.45) is 7.05 Å². The van der Waals surface area contributed by atoms with Crippen LogP contribution in [0.25, 0.3) is 0 Å². The fourth-order valence-electron chi connectivity index (χ4n) is 1.73. The molecule has 1 aromatic rings. The van der Waals surface area contributed by atoms with E-state index >= 15 is 0 Å². The van der Waals surface area contributed by atoms with Crippen molar-refractivity contribution in [3.8, 4) is 12.1 Å². The molecule has 1 aromatic heterocycles. The van der Waals surface area contributed by atoms with Gasteiger partial charge in [0.1, 0.15) is 13.1 Å². The van der Waals surface area contributed by atoms with E-state index in [4.69, 9.17) is 16.3 Å². The summed E-state index contributed by atoms with van der Waals surface area (Å²) in [6, 6.07) is 4.04. The number of hydrogen-bond donors (Lipinski definition) is 1. The Bertz CT molecular complexity index is 457. The molecule has 0 aliphatic carbocycles. The van der Waals surface area contributed by atoms with E-state index in [1.807, 2.05) is 26.0 Å². The molecule has 0 aromatic carbocycles. The highest BCUT2D eigenvalue weighted by Crippen LogP contribution is 2.30. The molecule has 0 atom stereocenters. The van der Waals surface area contributed by atoms with E-state index in [1.54, 1.807) is 16.6 Å². The molecule has 90 valence electrons. The lowest BCUT2D eigenvalue weighted by Crippen LogP contribution is -2.26. The SMILES string of the molecule is CC(C)c1nn(C)c(N(CC#N)CC#N)c1N. The summed E-state index contributed by atoms with van der Waals surface area (Å²) in [5.41, 5.74) is 7.37. The van der Waals surface area contributed by atoms with E-state index < -0.39 is 0 Å². The van der Waals surface area contributed by atoms with Crippen molar-refractivity contribution in [1.82, 2.24) is 9.78 Å². The highest BCUT2D eigenvalue weighted by atomic mass is 15.4. The average molecular weight is 232 g/mol. The first kappa shape index (κ1) is 12.9.